The highest BCUT2D eigenvalue weighted by atomic mass is 32.2. The maximum Gasteiger partial charge on any atom is 0.250 e. The molecule has 0 radical (unpaired) electrons. The molecule has 0 aromatic heterocycles. The number of sulfone groups is 1. The van der Waals surface area contributed by atoms with E-state index in [4.69, 9.17) is 11.5 Å². The fraction of sp³-hybridized carbons (Fsp3) is 0.333. The Morgan fingerprint density at radius 3 is 2.45 bits per heavy atom. The van der Waals surface area contributed by atoms with Crippen molar-refractivity contribution in [1.82, 2.24) is 0 Å². The number of hydrogen-bond acceptors (Lipinski definition) is 5. The number of carbonyl (C=O) groups is 2. The molecule has 0 bridgehead atoms. The van der Waals surface area contributed by atoms with E-state index in [2.05, 4.69) is 5.32 Å². The molecule has 0 spiro atoms. The largest absolute Gasteiger partial charge is 0.366 e. The highest BCUT2D eigenvalue weighted by Gasteiger charge is 2.17. The van der Waals surface area contributed by atoms with E-state index in [9.17, 15) is 18.0 Å². The quantitative estimate of drug-likeness (QED) is 0.623. The monoisotopic (exact) mass is 299 g/mol. The fourth-order valence-electron chi connectivity index (χ4n) is 1.57. The number of nitrogens with two attached hydrogens (primary N) is 2. The topological polar surface area (TPSA) is 132 Å². The molecule has 0 saturated heterocycles. The average molecular weight is 299 g/mol. The van der Waals surface area contributed by atoms with Gasteiger partial charge in [-0.25, -0.2) is 8.42 Å². The first-order valence-electron chi connectivity index (χ1n) is 5.95. The predicted octanol–water partition coefficient (Wildman–Crippen LogP) is -0.512. The van der Waals surface area contributed by atoms with E-state index < -0.39 is 27.4 Å². The van der Waals surface area contributed by atoms with Gasteiger partial charge in [0.05, 0.1) is 17.0 Å². The predicted molar refractivity (Wildman–Crippen MR) is 75.9 cm³/mol. The molecule has 110 valence electrons. The second-order valence-electron chi connectivity index (χ2n) is 4.19. The molecule has 1 rings (SSSR count). The molecular weight excluding hydrogens is 282 g/mol. The summed E-state index contributed by atoms with van der Waals surface area (Å²) in [6.45, 7) is 0.241. The second kappa shape index (κ2) is 7.01. The molecule has 2 amide bonds. The Hall–Kier alpha value is -1.93. The first kappa shape index (κ1) is 16.1. The molecule has 0 aliphatic rings. The molecule has 0 saturated carbocycles. The van der Waals surface area contributed by atoms with Gasteiger partial charge in [-0.05, 0) is 25.1 Å². The smallest absolute Gasteiger partial charge is 0.250 e. The van der Waals surface area contributed by atoms with Gasteiger partial charge in [-0.1, -0.05) is 12.1 Å². The minimum absolute atomic E-state index is 0.125. The van der Waals surface area contributed by atoms with Crippen molar-refractivity contribution >= 4 is 27.3 Å². The van der Waals surface area contributed by atoms with Gasteiger partial charge in [0.2, 0.25) is 5.91 Å². The number of primary amides is 1. The Balaban J connectivity index is 2.75. The van der Waals surface area contributed by atoms with Crippen LogP contribution >= 0.6 is 0 Å². The minimum Gasteiger partial charge on any atom is -0.366 e. The number of benzene rings is 1. The van der Waals surface area contributed by atoms with Crippen molar-refractivity contribution in [1.29, 1.82) is 0 Å². The summed E-state index contributed by atoms with van der Waals surface area (Å²) in [4.78, 5) is 22.9. The van der Waals surface area contributed by atoms with Gasteiger partial charge in [0.15, 0.2) is 9.84 Å². The Labute approximate surface area is 117 Å². The van der Waals surface area contributed by atoms with Crippen LogP contribution in [0.15, 0.2) is 24.3 Å². The minimum atomic E-state index is -3.50. The van der Waals surface area contributed by atoms with Crippen LogP contribution in [0.5, 0.6) is 0 Å². The van der Waals surface area contributed by atoms with Gasteiger partial charge in [0, 0.05) is 0 Å². The number of hydrogen-bond donors (Lipinski definition) is 3. The van der Waals surface area contributed by atoms with Crippen LogP contribution in [0.25, 0.3) is 0 Å². The zero-order chi connectivity index (χ0) is 15.2. The number of carbonyl (C=O) groups excluding carboxylic acids is 2. The standard InChI is InChI=1S/C12H17N3O4S/c13-6-3-7-20(18,19)8-11(16)15-10-5-2-1-4-9(10)12(14)17/h1-2,4-5H,3,6-8,13H2,(H2,14,17)(H,15,16). The molecule has 20 heavy (non-hydrogen) atoms. The van der Waals surface area contributed by atoms with E-state index in [0.717, 1.165) is 0 Å². The van der Waals surface area contributed by atoms with Gasteiger partial charge in [-0.15, -0.1) is 0 Å². The van der Waals surface area contributed by atoms with Crippen LogP contribution in [0.1, 0.15) is 16.8 Å². The van der Waals surface area contributed by atoms with Crippen molar-refractivity contribution in [2.75, 3.05) is 23.4 Å². The Morgan fingerprint density at radius 2 is 1.85 bits per heavy atom. The number of para-hydroxylation sites is 1. The maximum atomic E-state index is 11.7. The van der Waals surface area contributed by atoms with Crippen LogP contribution in [0.2, 0.25) is 0 Å². The fourth-order valence-corrected chi connectivity index (χ4v) is 2.79. The molecular formula is C12H17N3O4S. The summed E-state index contributed by atoms with van der Waals surface area (Å²) >= 11 is 0. The average Bonchev–Trinajstić information content (AvgIpc) is 2.36. The number of amides is 2. The molecule has 0 unspecified atom stereocenters. The number of anilines is 1. The van der Waals surface area contributed by atoms with E-state index in [1.807, 2.05) is 0 Å². The zero-order valence-electron chi connectivity index (χ0n) is 10.8. The number of rotatable bonds is 7. The van der Waals surface area contributed by atoms with Gasteiger partial charge in [0.25, 0.3) is 5.91 Å². The Bertz CT molecular complexity index is 598. The summed E-state index contributed by atoms with van der Waals surface area (Å²) in [7, 11) is -3.50. The summed E-state index contributed by atoms with van der Waals surface area (Å²) in [5, 5.41) is 2.37. The molecule has 0 aliphatic carbocycles. The molecule has 0 atom stereocenters. The SMILES string of the molecule is NCCCS(=O)(=O)CC(=O)Nc1ccccc1C(N)=O. The molecule has 8 heteroatoms. The van der Waals surface area contributed by atoms with E-state index in [1.54, 1.807) is 12.1 Å². The zero-order valence-corrected chi connectivity index (χ0v) is 11.7. The van der Waals surface area contributed by atoms with Crippen molar-refractivity contribution in [2.24, 2.45) is 11.5 Å². The van der Waals surface area contributed by atoms with Crippen molar-refractivity contribution in [3.8, 4) is 0 Å². The van der Waals surface area contributed by atoms with Gasteiger partial charge < -0.3 is 16.8 Å². The molecule has 1 aromatic rings. The summed E-state index contributed by atoms with van der Waals surface area (Å²) in [5.41, 5.74) is 10.7. The van der Waals surface area contributed by atoms with Crippen LogP contribution in [0.3, 0.4) is 0 Å². The third-order valence-corrected chi connectivity index (χ3v) is 4.09. The lowest BCUT2D eigenvalue weighted by molar-refractivity contribution is -0.113. The lowest BCUT2D eigenvalue weighted by Gasteiger charge is -2.09. The first-order valence-corrected chi connectivity index (χ1v) is 7.77. The van der Waals surface area contributed by atoms with Crippen molar-refractivity contribution < 1.29 is 18.0 Å². The van der Waals surface area contributed by atoms with Crippen LogP contribution in [-0.4, -0.2) is 38.3 Å². The summed E-state index contributed by atoms with van der Waals surface area (Å²) < 4.78 is 23.2. The Morgan fingerprint density at radius 1 is 1.20 bits per heavy atom. The van der Waals surface area contributed by atoms with E-state index in [0.29, 0.717) is 6.42 Å². The molecule has 0 heterocycles. The van der Waals surface area contributed by atoms with Crippen LogP contribution in [0, 0.1) is 0 Å². The van der Waals surface area contributed by atoms with Crippen LogP contribution in [-0.2, 0) is 14.6 Å². The molecule has 1 aromatic carbocycles. The van der Waals surface area contributed by atoms with Crippen LogP contribution in [0.4, 0.5) is 5.69 Å². The lowest BCUT2D eigenvalue weighted by Crippen LogP contribution is -2.26. The summed E-state index contributed by atoms with van der Waals surface area (Å²) in [6, 6.07) is 6.12. The normalized spacial score (nSPS) is 11.1. The number of nitrogens with one attached hydrogen (secondary N) is 1. The molecule has 7 nitrogen and oxygen atoms in total. The van der Waals surface area contributed by atoms with Crippen molar-refractivity contribution in [3.05, 3.63) is 29.8 Å². The molecule has 0 fully saturated rings. The Kier molecular flexibility index (Phi) is 5.66. The van der Waals surface area contributed by atoms with Gasteiger partial charge in [-0.3, -0.25) is 9.59 Å². The van der Waals surface area contributed by atoms with Crippen molar-refractivity contribution in [2.45, 2.75) is 6.42 Å². The summed E-state index contributed by atoms with van der Waals surface area (Å²) in [6.07, 6.45) is 0.299. The molecule has 0 aliphatic heterocycles. The summed E-state index contributed by atoms with van der Waals surface area (Å²) in [5.74, 6) is -2.21. The van der Waals surface area contributed by atoms with E-state index >= 15 is 0 Å². The highest BCUT2D eigenvalue weighted by Crippen LogP contribution is 2.14. The van der Waals surface area contributed by atoms with Gasteiger partial charge in [-0.2, -0.15) is 0 Å². The highest BCUT2D eigenvalue weighted by molar-refractivity contribution is 7.92. The third-order valence-electron chi connectivity index (χ3n) is 2.48. The maximum absolute atomic E-state index is 11.7. The first-order chi connectivity index (χ1) is 9.35. The molecule has 5 N–H and O–H groups in total. The van der Waals surface area contributed by atoms with Crippen LogP contribution < -0.4 is 16.8 Å². The van der Waals surface area contributed by atoms with Gasteiger partial charge in [0.1, 0.15) is 5.75 Å². The third kappa shape index (κ3) is 4.98. The van der Waals surface area contributed by atoms with Crippen molar-refractivity contribution in [3.63, 3.8) is 0 Å². The van der Waals surface area contributed by atoms with E-state index in [1.165, 1.54) is 12.1 Å². The lowest BCUT2D eigenvalue weighted by atomic mass is 10.1. The van der Waals surface area contributed by atoms with Gasteiger partial charge >= 0.3 is 0 Å². The second-order valence-corrected chi connectivity index (χ2v) is 6.38. The van der Waals surface area contributed by atoms with E-state index in [-0.39, 0.29) is 23.5 Å².